The third-order valence-corrected chi connectivity index (χ3v) is 4.75. The number of ether oxygens (including phenoxy) is 1. The lowest BCUT2D eigenvalue weighted by Gasteiger charge is -2.30. The van der Waals surface area contributed by atoms with E-state index in [1.165, 1.54) is 7.11 Å². The zero-order valence-corrected chi connectivity index (χ0v) is 12.4. The first-order valence-corrected chi connectivity index (χ1v) is 7.55. The molecule has 0 saturated carbocycles. The molecule has 6 nitrogen and oxygen atoms in total. The van der Waals surface area contributed by atoms with Gasteiger partial charge in [-0.15, -0.1) is 0 Å². The van der Waals surface area contributed by atoms with Gasteiger partial charge in [-0.25, -0.2) is 4.79 Å². The number of amides is 1. The van der Waals surface area contributed by atoms with Gasteiger partial charge < -0.3 is 9.64 Å². The van der Waals surface area contributed by atoms with Crippen LogP contribution in [-0.2, 0) is 9.53 Å². The largest absolute Gasteiger partial charge is 0.464 e. The highest BCUT2D eigenvalue weighted by Gasteiger charge is 2.46. The van der Waals surface area contributed by atoms with Crippen LogP contribution in [0.4, 0.5) is 5.69 Å². The van der Waals surface area contributed by atoms with E-state index < -0.39 is 0 Å². The summed E-state index contributed by atoms with van der Waals surface area (Å²) in [4.78, 5) is 26.6. The molecule has 1 fully saturated rings. The Bertz CT molecular complexity index is 685. The number of hydrogen-bond acceptors (Lipinski definition) is 5. The summed E-state index contributed by atoms with van der Waals surface area (Å²) in [6, 6.07) is 7.61. The molecule has 114 valence electrons. The van der Waals surface area contributed by atoms with Crippen LogP contribution in [0.15, 0.2) is 29.4 Å². The van der Waals surface area contributed by atoms with Crippen molar-refractivity contribution >= 4 is 23.3 Å². The molecule has 0 N–H and O–H groups in total. The number of fused-ring (bicyclic) bond motifs is 5. The first kappa shape index (κ1) is 13.3. The van der Waals surface area contributed by atoms with Crippen molar-refractivity contribution in [3.8, 4) is 0 Å². The summed E-state index contributed by atoms with van der Waals surface area (Å²) in [6.07, 6.45) is 2.47. The molecule has 1 aromatic carbocycles. The van der Waals surface area contributed by atoms with Crippen molar-refractivity contribution in [1.29, 1.82) is 0 Å². The van der Waals surface area contributed by atoms with Crippen LogP contribution in [0.25, 0.3) is 0 Å². The van der Waals surface area contributed by atoms with Crippen LogP contribution in [0.5, 0.6) is 0 Å². The van der Waals surface area contributed by atoms with Gasteiger partial charge in [-0.1, -0.05) is 12.1 Å². The minimum absolute atomic E-state index is 0.0178. The number of nitrogens with zero attached hydrogens (tertiary/aromatic N) is 3. The van der Waals surface area contributed by atoms with Crippen LogP contribution in [0.2, 0.25) is 0 Å². The molecule has 0 bridgehead atoms. The van der Waals surface area contributed by atoms with Crippen molar-refractivity contribution in [2.75, 3.05) is 18.7 Å². The van der Waals surface area contributed by atoms with E-state index >= 15 is 0 Å². The Kier molecular flexibility index (Phi) is 2.92. The van der Waals surface area contributed by atoms with Crippen molar-refractivity contribution in [2.24, 2.45) is 5.10 Å². The lowest BCUT2D eigenvalue weighted by molar-refractivity contribution is -0.132. The Hall–Kier alpha value is -2.37. The SMILES string of the molecule is COC(=O)C1=NN2c3ccccc3C(=O)N3CCC[C@H]3[C@@H]2C1. The summed E-state index contributed by atoms with van der Waals surface area (Å²) in [5.74, 6) is -0.316. The van der Waals surface area contributed by atoms with E-state index in [2.05, 4.69) is 5.10 Å². The number of hydrazone groups is 1. The third kappa shape index (κ3) is 1.76. The average Bonchev–Trinajstić information content (AvgIpc) is 3.18. The number of hydrogen-bond donors (Lipinski definition) is 0. The van der Waals surface area contributed by atoms with E-state index in [0.717, 1.165) is 25.1 Å². The fourth-order valence-corrected chi connectivity index (χ4v) is 3.76. The summed E-state index contributed by atoms with van der Waals surface area (Å²) >= 11 is 0. The van der Waals surface area contributed by atoms with Crippen molar-refractivity contribution < 1.29 is 14.3 Å². The second-order valence-electron chi connectivity index (χ2n) is 5.88. The van der Waals surface area contributed by atoms with Crippen molar-refractivity contribution in [2.45, 2.75) is 31.3 Å². The molecule has 3 aliphatic rings. The van der Waals surface area contributed by atoms with Crippen LogP contribution < -0.4 is 5.01 Å². The third-order valence-electron chi connectivity index (χ3n) is 4.75. The molecular formula is C16H17N3O3. The molecule has 3 heterocycles. The minimum Gasteiger partial charge on any atom is -0.464 e. The highest BCUT2D eigenvalue weighted by Crippen LogP contribution is 2.39. The zero-order chi connectivity index (χ0) is 15.3. The van der Waals surface area contributed by atoms with Crippen LogP contribution in [-0.4, -0.2) is 48.2 Å². The number of carbonyl (C=O) groups excluding carboxylic acids is 2. The van der Waals surface area contributed by atoms with E-state index in [1.54, 1.807) is 0 Å². The van der Waals surface area contributed by atoms with E-state index in [0.29, 0.717) is 17.7 Å². The molecule has 0 spiro atoms. The number of methoxy groups -OCH3 is 1. The van der Waals surface area contributed by atoms with Gasteiger partial charge in [0.1, 0.15) is 5.71 Å². The van der Waals surface area contributed by atoms with Crippen molar-refractivity contribution in [1.82, 2.24) is 4.90 Å². The number of esters is 1. The average molecular weight is 299 g/mol. The first-order chi connectivity index (χ1) is 10.7. The number of para-hydroxylation sites is 1. The lowest BCUT2D eigenvalue weighted by Crippen LogP contribution is -2.45. The van der Waals surface area contributed by atoms with Gasteiger partial charge in [0.25, 0.3) is 5.91 Å². The second-order valence-corrected chi connectivity index (χ2v) is 5.88. The fraction of sp³-hybridized carbons (Fsp3) is 0.438. The highest BCUT2D eigenvalue weighted by molar-refractivity contribution is 6.37. The molecule has 1 saturated heterocycles. The van der Waals surface area contributed by atoms with E-state index in [9.17, 15) is 9.59 Å². The maximum absolute atomic E-state index is 12.8. The molecule has 0 unspecified atom stereocenters. The van der Waals surface area contributed by atoms with Crippen LogP contribution in [0.3, 0.4) is 0 Å². The Morgan fingerprint density at radius 2 is 2.14 bits per heavy atom. The summed E-state index contributed by atoms with van der Waals surface area (Å²) in [6.45, 7) is 0.774. The Labute approximate surface area is 128 Å². The van der Waals surface area contributed by atoms with Crippen LogP contribution in [0, 0.1) is 0 Å². The summed E-state index contributed by atoms with van der Waals surface area (Å²) in [5, 5.41) is 6.33. The van der Waals surface area contributed by atoms with Gasteiger partial charge in [0.2, 0.25) is 0 Å². The molecule has 6 heteroatoms. The van der Waals surface area contributed by atoms with Gasteiger partial charge in [-0.2, -0.15) is 5.10 Å². The van der Waals surface area contributed by atoms with E-state index in [-0.39, 0.29) is 24.0 Å². The molecule has 2 atom stereocenters. The fourth-order valence-electron chi connectivity index (χ4n) is 3.76. The van der Waals surface area contributed by atoms with Gasteiger partial charge in [0.05, 0.1) is 30.4 Å². The summed E-state index contributed by atoms with van der Waals surface area (Å²) < 4.78 is 4.81. The molecular weight excluding hydrogens is 282 g/mol. The predicted molar refractivity (Wildman–Crippen MR) is 80.8 cm³/mol. The van der Waals surface area contributed by atoms with Crippen molar-refractivity contribution in [3.05, 3.63) is 29.8 Å². The second kappa shape index (κ2) is 4.83. The molecule has 22 heavy (non-hydrogen) atoms. The lowest BCUT2D eigenvalue weighted by atomic mass is 10.0. The normalized spacial score (nSPS) is 26.0. The topological polar surface area (TPSA) is 62.2 Å². The van der Waals surface area contributed by atoms with Gasteiger partial charge in [0, 0.05) is 13.0 Å². The number of carbonyl (C=O) groups is 2. The Morgan fingerprint density at radius 1 is 1.32 bits per heavy atom. The predicted octanol–water partition coefficient (Wildman–Crippen LogP) is 1.41. The van der Waals surface area contributed by atoms with Gasteiger partial charge >= 0.3 is 5.97 Å². The van der Waals surface area contributed by atoms with E-state index in [4.69, 9.17) is 4.74 Å². The molecule has 0 radical (unpaired) electrons. The number of benzene rings is 1. The van der Waals surface area contributed by atoms with Crippen molar-refractivity contribution in [3.63, 3.8) is 0 Å². The molecule has 0 aliphatic carbocycles. The Morgan fingerprint density at radius 3 is 2.95 bits per heavy atom. The van der Waals surface area contributed by atoms with Gasteiger partial charge in [-0.3, -0.25) is 9.80 Å². The summed E-state index contributed by atoms with van der Waals surface area (Å²) in [5.41, 5.74) is 1.88. The molecule has 4 rings (SSSR count). The van der Waals surface area contributed by atoms with E-state index in [1.807, 2.05) is 34.2 Å². The molecule has 3 aliphatic heterocycles. The standard InChI is InChI=1S/C16H17N3O3/c1-22-16(21)11-9-14-13-7-4-8-18(13)15(20)10-5-2-3-6-12(10)19(14)17-11/h2-3,5-6,13-14H,4,7-9H2,1H3/t13-,14-/m0/s1. The smallest absolute Gasteiger partial charge is 0.354 e. The van der Waals surface area contributed by atoms with Gasteiger partial charge in [-0.05, 0) is 25.0 Å². The first-order valence-electron chi connectivity index (χ1n) is 7.55. The zero-order valence-electron chi connectivity index (χ0n) is 12.4. The quantitative estimate of drug-likeness (QED) is 0.736. The molecule has 1 amide bonds. The molecule has 1 aromatic rings. The maximum Gasteiger partial charge on any atom is 0.354 e. The Balaban J connectivity index is 1.84. The number of rotatable bonds is 1. The number of anilines is 1. The van der Waals surface area contributed by atoms with Crippen LogP contribution >= 0.6 is 0 Å². The molecule has 0 aromatic heterocycles. The minimum atomic E-state index is -0.388. The summed E-state index contributed by atoms with van der Waals surface area (Å²) in [7, 11) is 1.37. The monoisotopic (exact) mass is 299 g/mol. The highest BCUT2D eigenvalue weighted by atomic mass is 16.5. The maximum atomic E-state index is 12.8. The van der Waals surface area contributed by atoms with Gasteiger partial charge in [0.15, 0.2) is 0 Å². The van der Waals surface area contributed by atoms with Crippen LogP contribution in [0.1, 0.15) is 29.6 Å².